The predicted molar refractivity (Wildman–Crippen MR) is 60.3 cm³/mol. The van der Waals surface area contributed by atoms with Crippen molar-refractivity contribution in [2.45, 2.75) is 6.43 Å². The quantitative estimate of drug-likeness (QED) is 0.710. The Balaban J connectivity index is 2.89. The lowest BCUT2D eigenvalue weighted by atomic mass is 10.2. The summed E-state index contributed by atoms with van der Waals surface area (Å²) in [7, 11) is 0. The Morgan fingerprint density at radius 2 is 2.29 bits per heavy atom. The van der Waals surface area contributed by atoms with E-state index in [4.69, 9.17) is 22.2 Å². The van der Waals surface area contributed by atoms with Crippen molar-refractivity contribution in [1.82, 2.24) is 0 Å². The van der Waals surface area contributed by atoms with Gasteiger partial charge in [-0.15, -0.1) is 0 Å². The number of hydrogen-bond donors (Lipinski definition) is 3. The zero-order chi connectivity index (χ0) is 12.8. The van der Waals surface area contributed by atoms with Crippen molar-refractivity contribution in [2.75, 3.05) is 11.9 Å². The van der Waals surface area contributed by atoms with Crippen LogP contribution in [-0.2, 0) is 0 Å². The number of rotatable bonds is 5. The number of aliphatic hydroxyl groups excluding tert-OH is 1. The number of benzene rings is 1. The van der Waals surface area contributed by atoms with Gasteiger partial charge in [-0.3, -0.25) is 0 Å². The third-order valence-corrected chi connectivity index (χ3v) is 2.29. The molecule has 0 fully saturated rings. The van der Waals surface area contributed by atoms with Crippen molar-refractivity contribution in [3.8, 4) is 0 Å². The monoisotopic (exact) mass is 261 g/mol. The number of nitrogens with zero attached hydrogens (tertiary/aromatic N) is 1. The Kier molecular flexibility index (Phi) is 4.99. The SMILES string of the molecule is N=N/C(=C\Nc1ccc(Cl)c(C(F)F)c1)CO. The minimum Gasteiger partial charge on any atom is -0.390 e. The summed E-state index contributed by atoms with van der Waals surface area (Å²) in [5.41, 5.74) is 6.86. The number of halogens is 3. The maximum atomic E-state index is 12.5. The summed E-state index contributed by atoms with van der Waals surface area (Å²) in [6.07, 6.45) is -1.41. The molecule has 17 heavy (non-hydrogen) atoms. The zero-order valence-corrected chi connectivity index (χ0v) is 9.38. The second kappa shape index (κ2) is 6.27. The molecule has 0 radical (unpaired) electrons. The smallest absolute Gasteiger partial charge is 0.265 e. The van der Waals surface area contributed by atoms with Crippen molar-refractivity contribution in [2.24, 2.45) is 5.11 Å². The molecule has 0 aliphatic rings. The van der Waals surface area contributed by atoms with Gasteiger partial charge in [0.15, 0.2) is 0 Å². The molecule has 0 saturated carbocycles. The van der Waals surface area contributed by atoms with Crippen molar-refractivity contribution in [3.63, 3.8) is 0 Å². The zero-order valence-electron chi connectivity index (χ0n) is 8.62. The second-order valence-electron chi connectivity index (χ2n) is 3.09. The van der Waals surface area contributed by atoms with Crippen LogP contribution in [0.1, 0.15) is 12.0 Å². The third kappa shape index (κ3) is 3.76. The molecule has 0 bridgehead atoms. The maximum Gasteiger partial charge on any atom is 0.265 e. The molecule has 1 aromatic rings. The molecule has 0 saturated heterocycles. The highest BCUT2D eigenvalue weighted by Gasteiger charge is 2.12. The van der Waals surface area contributed by atoms with Gasteiger partial charge in [-0.05, 0) is 18.2 Å². The molecule has 7 heteroatoms. The van der Waals surface area contributed by atoms with Crippen LogP contribution >= 0.6 is 11.6 Å². The maximum absolute atomic E-state index is 12.5. The van der Waals surface area contributed by atoms with Crippen molar-refractivity contribution < 1.29 is 13.9 Å². The average molecular weight is 262 g/mol. The number of anilines is 1. The van der Waals surface area contributed by atoms with Gasteiger partial charge in [0.1, 0.15) is 5.70 Å². The van der Waals surface area contributed by atoms with Crippen LogP contribution in [0.15, 0.2) is 35.2 Å². The molecule has 0 aromatic heterocycles. The minimum atomic E-state index is -2.66. The summed E-state index contributed by atoms with van der Waals surface area (Å²) < 4.78 is 25.0. The van der Waals surface area contributed by atoms with Crippen LogP contribution in [0.5, 0.6) is 0 Å². The molecule has 1 rings (SSSR count). The van der Waals surface area contributed by atoms with E-state index >= 15 is 0 Å². The van der Waals surface area contributed by atoms with Crippen LogP contribution in [0, 0.1) is 5.53 Å². The van der Waals surface area contributed by atoms with Crippen LogP contribution in [0.4, 0.5) is 14.5 Å². The van der Waals surface area contributed by atoms with Gasteiger partial charge in [-0.1, -0.05) is 11.6 Å². The van der Waals surface area contributed by atoms with E-state index < -0.39 is 13.0 Å². The lowest BCUT2D eigenvalue weighted by molar-refractivity contribution is 0.151. The highest BCUT2D eigenvalue weighted by atomic mass is 35.5. The fraction of sp³-hybridized carbons (Fsp3) is 0.200. The molecule has 0 unspecified atom stereocenters. The second-order valence-corrected chi connectivity index (χ2v) is 3.49. The van der Waals surface area contributed by atoms with Gasteiger partial charge in [0.05, 0.1) is 6.61 Å². The van der Waals surface area contributed by atoms with Gasteiger partial charge in [-0.25, -0.2) is 14.3 Å². The van der Waals surface area contributed by atoms with Crippen LogP contribution in [0.25, 0.3) is 0 Å². The molecule has 0 spiro atoms. The van der Waals surface area contributed by atoms with Gasteiger partial charge < -0.3 is 10.4 Å². The third-order valence-electron chi connectivity index (χ3n) is 1.94. The van der Waals surface area contributed by atoms with E-state index in [0.717, 1.165) is 0 Å². The van der Waals surface area contributed by atoms with Gasteiger partial charge >= 0.3 is 0 Å². The van der Waals surface area contributed by atoms with Crippen LogP contribution < -0.4 is 5.32 Å². The van der Waals surface area contributed by atoms with E-state index in [1.165, 1.54) is 24.4 Å². The molecule has 92 valence electrons. The van der Waals surface area contributed by atoms with Crippen molar-refractivity contribution in [3.05, 3.63) is 40.7 Å². The Morgan fingerprint density at radius 3 is 2.82 bits per heavy atom. The first-order valence-electron chi connectivity index (χ1n) is 4.60. The van der Waals surface area contributed by atoms with Crippen molar-refractivity contribution >= 4 is 17.3 Å². The van der Waals surface area contributed by atoms with Crippen LogP contribution in [-0.4, -0.2) is 11.7 Å². The normalized spacial score (nSPS) is 11.7. The Morgan fingerprint density at radius 1 is 1.59 bits per heavy atom. The molecular weight excluding hydrogens is 252 g/mol. The summed E-state index contributed by atoms with van der Waals surface area (Å²) in [6, 6.07) is 4.04. The average Bonchev–Trinajstić information content (AvgIpc) is 2.32. The lowest BCUT2D eigenvalue weighted by Gasteiger charge is -2.07. The van der Waals surface area contributed by atoms with E-state index in [2.05, 4.69) is 10.4 Å². The fourth-order valence-electron chi connectivity index (χ4n) is 1.08. The Bertz CT molecular complexity index is 438. The number of alkyl halides is 2. The molecule has 3 N–H and O–H groups in total. The van der Waals surface area contributed by atoms with E-state index in [0.29, 0.717) is 5.69 Å². The molecule has 1 aromatic carbocycles. The molecule has 0 amide bonds. The summed E-state index contributed by atoms with van der Waals surface area (Å²) in [5.74, 6) is 0. The van der Waals surface area contributed by atoms with E-state index in [1.54, 1.807) is 0 Å². The first-order valence-corrected chi connectivity index (χ1v) is 4.97. The summed E-state index contributed by atoms with van der Waals surface area (Å²) in [5, 5.41) is 14.4. The fourth-order valence-corrected chi connectivity index (χ4v) is 1.28. The molecule has 0 aliphatic carbocycles. The summed E-state index contributed by atoms with van der Waals surface area (Å²) in [4.78, 5) is 0. The van der Waals surface area contributed by atoms with Crippen LogP contribution in [0.2, 0.25) is 5.02 Å². The topological polar surface area (TPSA) is 68.5 Å². The largest absolute Gasteiger partial charge is 0.390 e. The van der Waals surface area contributed by atoms with Crippen molar-refractivity contribution in [1.29, 1.82) is 5.53 Å². The van der Waals surface area contributed by atoms with Crippen LogP contribution in [0.3, 0.4) is 0 Å². The van der Waals surface area contributed by atoms with Gasteiger partial charge in [-0.2, -0.15) is 5.11 Å². The van der Waals surface area contributed by atoms with Gasteiger partial charge in [0.2, 0.25) is 0 Å². The summed E-state index contributed by atoms with van der Waals surface area (Å²) >= 11 is 5.60. The highest BCUT2D eigenvalue weighted by Crippen LogP contribution is 2.29. The predicted octanol–water partition coefficient (Wildman–Crippen LogP) is 3.55. The Labute approximate surface area is 101 Å². The summed E-state index contributed by atoms with van der Waals surface area (Å²) in [6.45, 7) is -0.411. The van der Waals surface area contributed by atoms with E-state index in [-0.39, 0.29) is 16.3 Å². The molecule has 0 heterocycles. The lowest BCUT2D eigenvalue weighted by Crippen LogP contribution is -1.95. The van der Waals surface area contributed by atoms with E-state index in [1.807, 2.05) is 0 Å². The van der Waals surface area contributed by atoms with Gasteiger partial charge in [0, 0.05) is 22.5 Å². The molecule has 0 aliphatic heterocycles. The van der Waals surface area contributed by atoms with Gasteiger partial charge in [0.25, 0.3) is 6.43 Å². The molecule has 0 atom stereocenters. The van der Waals surface area contributed by atoms with E-state index in [9.17, 15) is 8.78 Å². The number of nitrogens with one attached hydrogen (secondary N) is 2. The number of aliphatic hydroxyl groups is 1. The molecular formula is C10H10ClF2N3O. The Hall–Kier alpha value is -1.53. The molecule has 4 nitrogen and oxygen atoms in total. The minimum absolute atomic E-state index is 0.0120. The standard InChI is InChI=1S/C10H10ClF2N3O/c11-9-2-1-6(3-8(9)10(12)13)15-4-7(5-17)16-14/h1-4,10,14-15,17H,5H2/b7-4-,16-14?. The first-order chi connectivity index (χ1) is 8.08. The first kappa shape index (κ1) is 13.5. The number of hydrogen-bond acceptors (Lipinski definition) is 4. The highest BCUT2D eigenvalue weighted by molar-refractivity contribution is 6.31.